The summed E-state index contributed by atoms with van der Waals surface area (Å²) in [6, 6.07) is 6.85. The van der Waals surface area contributed by atoms with Crippen LogP contribution in [0.25, 0.3) is 10.6 Å². The lowest BCUT2D eigenvalue weighted by molar-refractivity contribution is 0.0913. The molecule has 0 aliphatic rings. The first-order valence-corrected chi connectivity index (χ1v) is 9.53. The third kappa shape index (κ3) is 4.65. The molecule has 3 aromatic rings. The standard InChI is InChI=1S/C19H21N5O2S/c1-12(2)16(22-19(26)15-10-20-13(3)9-21-15)11-24-18(25)7-6-14(23-24)17-5-4-8-27-17/h4-10,12,16H,11H2,1-3H3,(H,22,26)/t16-/m0/s1. The fourth-order valence-corrected chi connectivity index (χ4v) is 3.19. The second-order valence-electron chi connectivity index (χ2n) is 6.58. The van der Waals surface area contributed by atoms with E-state index in [1.165, 1.54) is 16.9 Å². The molecule has 27 heavy (non-hydrogen) atoms. The van der Waals surface area contributed by atoms with E-state index < -0.39 is 0 Å². The Hall–Kier alpha value is -2.87. The summed E-state index contributed by atoms with van der Waals surface area (Å²) in [4.78, 5) is 33.9. The van der Waals surface area contributed by atoms with Gasteiger partial charge in [-0.25, -0.2) is 9.67 Å². The summed E-state index contributed by atoms with van der Waals surface area (Å²) in [7, 11) is 0. The molecule has 0 spiro atoms. The maximum Gasteiger partial charge on any atom is 0.271 e. The Balaban J connectivity index is 1.80. The first-order chi connectivity index (χ1) is 12.9. The van der Waals surface area contributed by atoms with Gasteiger partial charge in [0.2, 0.25) is 0 Å². The summed E-state index contributed by atoms with van der Waals surface area (Å²) in [5, 5.41) is 9.37. The van der Waals surface area contributed by atoms with Crippen LogP contribution >= 0.6 is 11.3 Å². The van der Waals surface area contributed by atoms with E-state index >= 15 is 0 Å². The van der Waals surface area contributed by atoms with Crippen molar-refractivity contribution >= 4 is 17.2 Å². The highest BCUT2D eigenvalue weighted by Gasteiger charge is 2.20. The zero-order valence-electron chi connectivity index (χ0n) is 15.4. The van der Waals surface area contributed by atoms with E-state index in [1.807, 2.05) is 38.3 Å². The van der Waals surface area contributed by atoms with Crippen LogP contribution in [0, 0.1) is 12.8 Å². The summed E-state index contributed by atoms with van der Waals surface area (Å²) < 4.78 is 1.40. The fraction of sp³-hybridized carbons (Fsp3) is 0.316. The molecular weight excluding hydrogens is 362 g/mol. The minimum Gasteiger partial charge on any atom is -0.346 e. The molecule has 0 fully saturated rings. The molecule has 0 unspecified atom stereocenters. The SMILES string of the molecule is Cc1cnc(C(=O)N[C@@H](Cn2nc(-c3cccs3)ccc2=O)C(C)C)cn1. The second-order valence-corrected chi connectivity index (χ2v) is 7.53. The Morgan fingerprint density at radius 3 is 2.67 bits per heavy atom. The lowest BCUT2D eigenvalue weighted by Gasteiger charge is -2.22. The molecule has 1 amide bonds. The van der Waals surface area contributed by atoms with Gasteiger partial charge >= 0.3 is 0 Å². The number of rotatable bonds is 6. The van der Waals surface area contributed by atoms with Crippen LogP contribution in [0.1, 0.15) is 30.0 Å². The first-order valence-electron chi connectivity index (χ1n) is 8.65. The third-order valence-corrected chi connectivity index (χ3v) is 5.04. The molecule has 1 N–H and O–H groups in total. The molecule has 0 saturated heterocycles. The van der Waals surface area contributed by atoms with E-state index in [4.69, 9.17) is 0 Å². The Morgan fingerprint density at radius 1 is 1.22 bits per heavy atom. The summed E-state index contributed by atoms with van der Waals surface area (Å²) in [6.07, 6.45) is 3.00. The average Bonchev–Trinajstić information content (AvgIpc) is 3.18. The van der Waals surface area contributed by atoms with Gasteiger partial charge in [-0.2, -0.15) is 5.10 Å². The molecule has 140 valence electrons. The number of carbonyl (C=O) groups is 1. The summed E-state index contributed by atoms with van der Waals surface area (Å²) >= 11 is 1.56. The Kier molecular flexibility index (Phi) is 5.75. The van der Waals surface area contributed by atoms with Crippen LogP contribution in [0.3, 0.4) is 0 Å². The van der Waals surface area contributed by atoms with Crippen LogP contribution in [0.2, 0.25) is 0 Å². The van der Waals surface area contributed by atoms with E-state index in [0.29, 0.717) is 0 Å². The van der Waals surface area contributed by atoms with Gasteiger partial charge in [0.05, 0.1) is 29.4 Å². The molecule has 3 heterocycles. The molecule has 1 atom stereocenters. The van der Waals surface area contributed by atoms with Crippen LogP contribution in [-0.4, -0.2) is 31.7 Å². The van der Waals surface area contributed by atoms with E-state index in [-0.39, 0.29) is 35.7 Å². The molecule has 7 nitrogen and oxygen atoms in total. The highest BCUT2D eigenvalue weighted by atomic mass is 32.1. The van der Waals surface area contributed by atoms with Crippen molar-refractivity contribution in [3.05, 3.63) is 63.8 Å². The maximum absolute atomic E-state index is 12.5. The number of thiophene rings is 1. The summed E-state index contributed by atoms with van der Waals surface area (Å²) in [5.41, 5.74) is 1.53. The molecule has 0 aromatic carbocycles. The fourth-order valence-electron chi connectivity index (χ4n) is 2.50. The van der Waals surface area contributed by atoms with E-state index in [9.17, 15) is 9.59 Å². The number of nitrogens with zero attached hydrogens (tertiary/aromatic N) is 4. The van der Waals surface area contributed by atoms with Gasteiger partial charge < -0.3 is 5.32 Å². The van der Waals surface area contributed by atoms with Gasteiger partial charge in [-0.15, -0.1) is 11.3 Å². The van der Waals surface area contributed by atoms with Gasteiger partial charge in [-0.1, -0.05) is 19.9 Å². The molecule has 0 radical (unpaired) electrons. The quantitative estimate of drug-likeness (QED) is 0.706. The average molecular weight is 383 g/mol. The molecule has 0 bridgehead atoms. The van der Waals surface area contributed by atoms with Crippen molar-refractivity contribution in [1.29, 1.82) is 0 Å². The van der Waals surface area contributed by atoms with E-state index in [1.54, 1.807) is 23.6 Å². The van der Waals surface area contributed by atoms with Gasteiger partial charge in [-0.3, -0.25) is 14.6 Å². The number of hydrogen-bond donors (Lipinski definition) is 1. The van der Waals surface area contributed by atoms with Crippen LogP contribution in [-0.2, 0) is 6.54 Å². The number of amides is 1. The zero-order valence-corrected chi connectivity index (χ0v) is 16.2. The lowest BCUT2D eigenvalue weighted by Crippen LogP contribution is -2.44. The zero-order chi connectivity index (χ0) is 19.4. The predicted molar refractivity (Wildman–Crippen MR) is 105 cm³/mol. The normalized spacial score (nSPS) is 12.1. The van der Waals surface area contributed by atoms with E-state index in [2.05, 4.69) is 20.4 Å². The van der Waals surface area contributed by atoms with Crippen molar-refractivity contribution in [2.75, 3.05) is 0 Å². The highest BCUT2D eigenvalue weighted by molar-refractivity contribution is 7.13. The molecule has 0 saturated carbocycles. The lowest BCUT2D eigenvalue weighted by atomic mass is 10.0. The van der Waals surface area contributed by atoms with Crippen molar-refractivity contribution in [3.8, 4) is 10.6 Å². The van der Waals surface area contributed by atoms with Gasteiger partial charge in [0.1, 0.15) is 11.4 Å². The van der Waals surface area contributed by atoms with Crippen molar-refractivity contribution in [1.82, 2.24) is 25.1 Å². The molecule has 3 rings (SSSR count). The van der Waals surface area contributed by atoms with Crippen molar-refractivity contribution in [2.24, 2.45) is 5.92 Å². The first kappa shape index (κ1) is 18.9. The van der Waals surface area contributed by atoms with Crippen LogP contribution < -0.4 is 10.9 Å². The number of hydrogen-bond acceptors (Lipinski definition) is 6. The van der Waals surface area contributed by atoms with Gasteiger partial charge in [-0.05, 0) is 30.4 Å². The van der Waals surface area contributed by atoms with Gasteiger partial charge in [0.15, 0.2) is 0 Å². The smallest absolute Gasteiger partial charge is 0.271 e. The number of aryl methyl sites for hydroxylation is 1. The van der Waals surface area contributed by atoms with E-state index in [0.717, 1.165) is 16.3 Å². The minimum absolute atomic E-state index is 0.103. The molecule has 3 aromatic heterocycles. The van der Waals surface area contributed by atoms with Crippen LogP contribution in [0.5, 0.6) is 0 Å². The largest absolute Gasteiger partial charge is 0.346 e. The number of aromatic nitrogens is 4. The summed E-state index contributed by atoms with van der Waals surface area (Å²) in [6.45, 7) is 6.06. The van der Waals surface area contributed by atoms with Gasteiger partial charge in [0.25, 0.3) is 11.5 Å². The Bertz CT molecular complexity index is 965. The van der Waals surface area contributed by atoms with Crippen molar-refractivity contribution in [3.63, 3.8) is 0 Å². The number of carbonyl (C=O) groups excluding carboxylic acids is 1. The molecule has 8 heteroatoms. The Morgan fingerprint density at radius 2 is 2.04 bits per heavy atom. The molecule has 0 aliphatic carbocycles. The van der Waals surface area contributed by atoms with Crippen molar-refractivity contribution < 1.29 is 4.79 Å². The minimum atomic E-state index is -0.316. The van der Waals surface area contributed by atoms with Crippen LogP contribution in [0.15, 0.2) is 46.8 Å². The predicted octanol–water partition coefficient (Wildman–Crippen LogP) is 2.52. The third-order valence-electron chi connectivity index (χ3n) is 4.14. The van der Waals surface area contributed by atoms with Gasteiger partial charge in [0, 0.05) is 12.3 Å². The maximum atomic E-state index is 12.5. The Labute approximate surface area is 161 Å². The molecular formula is C19H21N5O2S. The second kappa shape index (κ2) is 8.22. The molecule has 0 aliphatic heterocycles. The van der Waals surface area contributed by atoms with Crippen molar-refractivity contribution in [2.45, 2.75) is 33.4 Å². The summed E-state index contributed by atoms with van der Waals surface area (Å²) in [5.74, 6) is -0.213. The van der Waals surface area contributed by atoms with Crippen LogP contribution in [0.4, 0.5) is 0 Å². The monoisotopic (exact) mass is 383 g/mol. The topological polar surface area (TPSA) is 89.8 Å². The highest BCUT2D eigenvalue weighted by Crippen LogP contribution is 2.21. The number of nitrogens with one attached hydrogen (secondary N) is 1.